The summed E-state index contributed by atoms with van der Waals surface area (Å²) in [5, 5.41) is 8.69. The van der Waals surface area contributed by atoms with Gasteiger partial charge in [-0.3, -0.25) is 9.59 Å². The standard InChI is InChI=1S/C20H23N3OS.C4H7NO/c1-15-9-10-16(2)18(11-15)23-14-21-13-19(25-3)20(24)22-12-17-7-5-4-6-8-17;6-3-5-4-1-2-4/h4-11,13-14H,12H2,1-3H3,(H,21,23)(H,22,24);3-4H,1-2H2,(H,5,6)/b19-13-;. The van der Waals surface area contributed by atoms with Crippen LogP contribution >= 0.6 is 11.8 Å². The van der Waals surface area contributed by atoms with Gasteiger partial charge in [0.2, 0.25) is 6.41 Å². The molecule has 0 radical (unpaired) electrons. The average molecular weight is 439 g/mol. The summed E-state index contributed by atoms with van der Waals surface area (Å²) in [5.41, 5.74) is 4.40. The molecule has 3 rings (SSSR count). The first kappa shape index (κ1) is 24.2. The van der Waals surface area contributed by atoms with E-state index < -0.39 is 0 Å². The molecule has 0 unspecified atom stereocenters. The molecule has 3 N–H and O–H groups in total. The first-order valence-corrected chi connectivity index (χ1v) is 11.4. The number of carbonyl (C=O) groups is 2. The Hall–Kier alpha value is -3.06. The summed E-state index contributed by atoms with van der Waals surface area (Å²) in [7, 11) is 0. The molecule has 2 aromatic rings. The maximum atomic E-state index is 12.2. The molecule has 0 saturated heterocycles. The number of nitrogens with zero attached hydrogens (tertiary/aromatic N) is 1. The summed E-state index contributed by atoms with van der Waals surface area (Å²) >= 11 is 1.37. The third-order valence-electron chi connectivity index (χ3n) is 4.50. The molecule has 1 aliphatic carbocycles. The van der Waals surface area contributed by atoms with Gasteiger partial charge in [-0.1, -0.05) is 42.5 Å². The van der Waals surface area contributed by atoms with E-state index in [0.717, 1.165) is 23.2 Å². The number of rotatable bonds is 9. The van der Waals surface area contributed by atoms with Crippen molar-refractivity contribution < 1.29 is 9.59 Å². The normalized spacial score (nSPS) is 13.2. The molecular formula is C24H30N4O2S. The molecule has 0 heterocycles. The quantitative estimate of drug-likeness (QED) is 0.238. The van der Waals surface area contributed by atoms with Crippen LogP contribution in [0.3, 0.4) is 0 Å². The van der Waals surface area contributed by atoms with Crippen LogP contribution in [-0.2, 0) is 16.1 Å². The Morgan fingerprint density at radius 3 is 2.52 bits per heavy atom. The number of aryl methyl sites for hydroxylation is 2. The van der Waals surface area contributed by atoms with E-state index in [4.69, 9.17) is 0 Å². The zero-order chi connectivity index (χ0) is 22.5. The van der Waals surface area contributed by atoms with E-state index >= 15 is 0 Å². The monoisotopic (exact) mass is 438 g/mol. The maximum Gasteiger partial charge on any atom is 0.259 e. The average Bonchev–Trinajstić information content (AvgIpc) is 3.60. The van der Waals surface area contributed by atoms with Crippen molar-refractivity contribution in [2.24, 2.45) is 4.99 Å². The molecule has 0 atom stereocenters. The minimum Gasteiger partial charge on any atom is -0.356 e. The van der Waals surface area contributed by atoms with Crippen LogP contribution in [0.15, 0.2) is 64.6 Å². The van der Waals surface area contributed by atoms with Gasteiger partial charge >= 0.3 is 0 Å². The van der Waals surface area contributed by atoms with Crippen LogP contribution in [-0.4, -0.2) is 31.0 Å². The second-order valence-electron chi connectivity index (χ2n) is 7.17. The van der Waals surface area contributed by atoms with Crippen LogP contribution < -0.4 is 16.0 Å². The fraction of sp³-hybridized carbons (Fsp3) is 0.292. The lowest BCUT2D eigenvalue weighted by molar-refractivity contribution is -0.117. The lowest BCUT2D eigenvalue weighted by Crippen LogP contribution is -2.23. The van der Waals surface area contributed by atoms with Crippen molar-refractivity contribution in [1.29, 1.82) is 0 Å². The Labute approximate surface area is 188 Å². The number of aliphatic imine (C=N–C) groups is 1. The second kappa shape index (κ2) is 13.3. The molecule has 2 aromatic carbocycles. The topological polar surface area (TPSA) is 82.6 Å². The lowest BCUT2D eigenvalue weighted by Gasteiger charge is -2.07. The largest absolute Gasteiger partial charge is 0.356 e. The van der Waals surface area contributed by atoms with Crippen molar-refractivity contribution in [1.82, 2.24) is 10.6 Å². The number of hydrogen-bond donors (Lipinski definition) is 3. The molecule has 2 amide bonds. The SMILES string of the molecule is CS/C(=C\N=CNc1cc(C)ccc1C)C(=O)NCc1ccccc1.O=CNC1CC1. The zero-order valence-electron chi connectivity index (χ0n) is 18.2. The summed E-state index contributed by atoms with van der Waals surface area (Å²) in [5.74, 6) is -0.125. The molecule has 164 valence electrons. The van der Waals surface area contributed by atoms with Crippen LogP contribution in [0, 0.1) is 13.8 Å². The summed E-state index contributed by atoms with van der Waals surface area (Å²) < 4.78 is 0. The molecule has 0 spiro atoms. The summed E-state index contributed by atoms with van der Waals surface area (Å²) in [6.07, 6.45) is 8.16. The van der Waals surface area contributed by atoms with E-state index in [1.165, 1.54) is 30.2 Å². The Morgan fingerprint density at radius 2 is 1.90 bits per heavy atom. The van der Waals surface area contributed by atoms with E-state index in [-0.39, 0.29) is 5.91 Å². The summed E-state index contributed by atoms with van der Waals surface area (Å²) in [6.45, 7) is 4.59. The van der Waals surface area contributed by atoms with Gasteiger partial charge in [0.15, 0.2) is 0 Å². The van der Waals surface area contributed by atoms with Crippen molar-refractivity contribution in [3.8, 4) is 0 Å². The molecule has 31 heavy (non-hydrogen) atoms. The van der Waals surface area contributed by atoms with Crippen molar-refractivity contribution in [3.05, 3.63) is 76.3 Å². The highest BCUT2D eigenvalue weighted by Gasteiger charge is 2.18. The summed E-state index contributed by atoms with van der Waals surface area (Å²) in [6, 6.07) is 16.5. The molecule has 0 bridgehead atoms. The molecule has 0 aromatic heterocycles. The second-order valence-corrected chi connectivity index (χ2v) is 8.01. The van der Waals surface area contributed by atoms with E-state index in [9.17, 15) is 9.59 Å². The van der Waals surface area contributed by atoms with Gasteiger partial charge in [-0.05, 0) is 55.7 Å². The van der Waals surface area contributed by atoms with Gasteiger partial charge in [0.25, 0.3) is 5.91 Å². The summed E-state index contributed by atoms with van der Waals surface area (Å²) in [4.78, 5) is 26.5. The third kappa shape index (κ3) is 9.53. The number of carbonyl (C=O) groups excluding carboxylic acids is 2. The molecule has 1 fully saturated rings. The number of amides is 2. The smallest absolute Gasteiger partial charge is 0.259 e. The van der Waals surface area contributed by atoms with Crippen molar-refractivity contribution in [2.45, 2.75) is 39.3 Å². The number of nitrogens with one attached hydrogen (secondary N) is 3. The Balaban J connectivity index is 0.000000488. The van der Waals surface area contributed by atoms with Crippen molar-refractivity contribution in [2.75, 3.05) is 11.6 Å². The maximum absolute atomic E-state index is 12.2. The minimum atomic E-state index is -0.125. The van der Waals surface area contributed by atoms with Gasteiger partial charge in [-0.15, -0.1) is 11.8 Å². The fourth-order valence-electron chi connectivity index (χ4n) is 2.52. The van der Waals surface area contributed by atoms with Crippen LogP contribution in [0.1, 0.15) is 29.5 Å². The van der Waals surface area contributed by atoms with E-state index in [2.05, 4.69) is 39.1 Å². The number of anilines is 1. The highest BCUT2D eigenvalue weighted by Crippen LogP contribution is 2.17. The van der Waals surface area contributed by atoms with Gasteiger partial charge in [0, 0.05) is 24.5 Å². The Bertz CT molecular complexity index is 909. The first-order chi connectivity index (χ1) is 15.0. The number of benzene rings is 2. The van der Waals surface area contributed by atoms with Crippen LogP contribution in [0.25, 0.3) is 0 Å². The van der Waals surface area contributed by atoms with Gasteiger partial charge in [-0.25, -0.2) is 4.99 Å². The highest BCUT2D eigenvalue weighted by atomic mass is 32.2. The van der Waals surface area contributed by atoms with E-state index in [0.29, 0.717) is 17.5 Å². The lowest BCUT2D eigenvalue weighted by atomic mass is 10.1. The molecule has 1 saturated carbocycles. The van der Waals surface area contributed by atoms with E-state index in [1.54, 1.807) is 12.5 Å². The zero-order valence-corrected chi connectivity index (χ0v) is 19.0. The molecular weight excluding hydrogens is 408 g/mol. The predicted octanol–water partition coefficient (Wildman–Crippen LogP) is 4.16. The van der Waals surface area contributed by atoms with Crippen LogP contribution in [0.4, 0.5) is 5.69 Å². The van der Waals surface area contributed by atoms with Crippen molar-refractivity contribution >= 4 is 36.1 Å². The first-order valence-electron chi connectivity index (χ1n) is 10.1. The number of thioether (sulfide) groups is 1. The molecule has 0 aliphatic heterocycles. The molecule has 7 heteroatoms. The van der Waals surface area contributed by atoms with Gasteiger partial charge in [0.1, 0.15) is 0 Å². The van der Waals surface area contributed by atoms with E-state index in [1.807, 2.05) is 50.4 Å². The number of hydrogen-bond acceptors (Lipinski definition) is 4. The minimum absolute atomic E-state index is 0.125. The molecule has 1 aliphatic rings. The van der Waals surface area contributed by atoms with Crippen molar-refractivity contribution in [3.63, 3.8) is 0 Å². The fourth-order valence-corrected chi connectivity index (χ4v) is 2.94. The molecule has 6 nitrogen and oxygen atoms in total. The van der Waals surface area contributed by atoms with Gasteiger partial charge < -0.3 is 16.0 Å². The van der Waals surface area contributed by atoms with Crippen LogP contribution in [0.5, 0.6) is 0 Å². The Kier molecular flexibility index (Phi) is 10.4. The van der Waals surface area contributed by atoms with Crippen LogP contribution in [0.2, 0.25) is 0 Å². The van der Waals surface area contributed by atoms with Gasteiger partial charge in [-0.2, -0.15) is 0 Å². The predicted molar refractivity (Wildman–Crippen MR) is 130 cm³/mol. The van der Waals surface area contributed by atoms with Gasteiger partial charge in [0.05, 0.1) is 11.2 Å². The Morgan fingerprint density at radius 1 is 1.16 bits per heavy atom. The third-order valence-corrected chi connectivity index (χ3v) is 5.23. The highest BCUT2D eigenvalue weighted by molar-refractivity contribution is 8.03.